The second-order valence-corrected chi connectivity index (χ2v) is 10.6. The van der Waals surface area contributed by atoms with Crippen LogP contribution >= 0.6 is 0 Å². The van der Waals surface area contributed by atoms with Gasteiger partial charge in [0, 0.05) is 17.6 Å². The molecule has 0 unspecified atom stereocenters. The van der Waals surface area contributed by atoms with Crippen LogP contribution in [0, 0.1) is 0 Å². The van der Waals surface area contributed by atoms with E-state index in [-0.39, 0.29) is 25.6 Å². The summed E-state index contributed by atoms with van der Waals surface area (Å²) in [5, 5.41) is 18.8. The maximum atomic E-state index is 12.7. The minimum Gasteiger partial charge on any atom is -0.490 e. The lowest BCUT2D eigenvalue weighted by molar-refractivity contribution is -0.150. The molecule has 0 saturated carbocycles. The first-order valence-corrected chi connectivity index (χ1v) is 14.0. The minimum absolute atomic E-state index is 0.00535. The number of esters is 3. The second-order valence-electron chi connectivity index (χ2n) is 10.6. The van der Waals surface area contributed by atoms with Crippen LogP contribution in [0.1, 0.15) is 43.1 Å². The number of hydrogen-bond donors (Lipinski definition) is 1. The molecule has 3 aromatic carbocycles. The molecule has 0 fully saturated rings. The summed E-state index contributed by atoms with van der Waals surface area (Å²) in [7, 11) is 0. The van der Waals surface area contributed by atoms with Gasteiger partial charge in [-0.25, -0.2) is 4.79 Å². The standard InChI is InChI=1S/C33H33N3O9/c1-21(2)32(40)44-16-15-22-9-14-28(27(19-22)36-34-25-7-5-6-8-26(25)35-36)45-30(38)20-29(37)43-18-17-42-24-12-10-23(11-13-24)31(39)33(3,4)41/h5-14,19,41H,1,15-18,20H2,2-4H3. The molecule has 45 heavy (non-hydrogen) atoms. The molecule has 4 aromatic rings. The normalized spacial score (nSPS) is 11.1. The lowest BCUT2D eigenvalue weighted by atomic mass is 9.97. The highest BCUT2D eigenvalue weighted by molar-refractivity contribution is 6.01. The smallest absolute Gasteiger partial charge is 0.333 e. The molecule has 0 aliphatic rings. The van der Waals surface area contributed by atoms with Crippen molar-refractivity contribution in [2.75, 3.05) is 19.8 Å². The van der Waals surface area contributed by atoms with Gasteiger partial charge < -0.3 is 24.1 Å². The van der Waals surface area contributed by atoms with Crippen LogP contribution < -0.4 is 9.47 Å². The molecule has 0 aliphatic carbocycles. The average molecular weight is 616 g/mol. The fourth-order valence-electron chi connectivity index (χ4n) is 4.01. The van der Waals surface area contributed by atoms with E-state index in [0.29, 0.717) is 40.0 Å². The van der Waals surface area contributed by atoms with Crippen molar-refractivity contribution < 1.29 is 43.2 Å². The Balaban J connectivity index is 1.33. The van der Waals surface area contributed by atoms with Gasteiger partial charge in [0.15, 0.2) is 11.5 Å². The van der Waals surface area contributed by atoms with Gasteiger partial charge in [0.2, 0.25) is 0 Å². The van der Waals surface area contributed by atoms with Crippen molar-refractivity contribution >= 4 is 34.7 Å². The monoisotopic (exact) mass is 615 g/mol. The van der Waals surface area contributed by atoms with Crippen molar-refractivity contribution in [1.82, 2.24) is 15.0 Å². The molecule has 0 aliphatic heterocycles. The highest BCUT2D eigenvalue weighted by atomic mass is 16.6. The molecule has 4 rings (SSSR count). The molecule has 0 radical (unpaired) electrons. The number of benzene rings is 3. The van der Waals surface area contributed by atoms with Crippen LogP contribution in [-0.4, -0.2) is 69.2 Å². The Hall–Kier alpha value is -5.36. The molecule has 12 heteroatoms. The Morgan fingerprint density at radius 2 is 1.53 bits per heavy atom. The predicted molar refractivity (Wildman–Crippen MR) is 162 cm³/mol. The summed E-state index contributed by atoms with van der Waals surface area (Å²) in [6, 6.07) is 18.4. The summed E-state index contributed by atoms with van der Waals surface area (Å²) >= 11 is 0. The Labute approximate surface area is 259 Å². The molecular weight excluding hydrogens is 582 g/mol. The number of Topliss-reactive ketones (excluding diaryl/α,β-unsaturated/α-hetero) is 1. The Kier molecular flexibility index (Phi) is 10.4. The van der Waals surface area contributed by atoms with E-state index >= 15 is 0 Å². The zero-order valence-corrected chi connectivity index (χ0v) is 25.1. The van der Waals surface area contributed by atoms with Gasteiger partial charge in [-0.1, -0.05) is 24.8 Å². The van der Waals surface area contributed by atoms with Crippen molar-refractivity contribution in [2.45, 2.75) is 39.2 Å². The summed E-state index contributed by atoms with van der Waals surface area (Å²) in [6.45, 7) is 7.93. The maximum Gasteiger partial charge on any atom is 0.333 e. The third kappa shape index (κ3) is 9.07. The molecule has 1 N–H and O–H groups in total. The van der Waals surface area contributed by atoms with Gasteiger partial charge in [-0.2, -0.15) is 0 Å². The molecule has 0 atom stereocenters. The van der Waals surface area contributed by atoms with Crippen molar-refractivity contribution in [3.63, 3.8) is 0 Å². The van der Waals surface area contributed by atoms with Crippen LogP contribution in [0.15, 0.2) is 78.9 Å². The average Bonchev–Trinajstić information content (AvgIpc) is 3.43. The van der Waals surface area contributed by atoms with E-state index in [2.05, 4.69) is 16.8 Å². The molecule has 0 bridgehead atoms. The summed E-state index contributed by atoms with van der Waals surface area (Å²) in [5.74, 6) is -2.03. The van der Waals surface area contributed by atoms with Crippen LogP contribution in [0.4, 0.5) is 0 Å². The van der Waals surface area contributed by atoms with Gasteiger partial charge >= 0.3 is 17.9 Å². The summed E-state index contributed by atoms with van der Waals surface area (Å²) in [6.07, 6.45) is -0.279. The highest BCUT2D eigenvalue weighted by Crippen LogP contribution is 2.26. The van der Waals surface area contributed by atoms with Gasteiger partial charge in [-0.3, -0.25) is 14.4 Å². The molecule has 0 saturated heterocycles. The van der Waals surface area contributed by atoms with E-state index in [9.17, 15) is 24.3 Å². The third-order valence-electron chi connectivity index (χ3n) is 6.30. The number of carbonyl (C=O) groups is 4. The van der Waals surface area contributed by atoms with Crippen molar-refractivity contribution in [3.05, 3.63) is 90.0 Å². The van der Waals surface area contributed by atoms with E-state index in [1.807, 2.05) is 12.1 Å². The number of hydrogen-bond acceptors (Lipinski definition) is 11. The Morgan fingerprint density at radius 3 is 2.16 bits per heavy atom. The molecule has 0 amide bonds. The fraction of sp³-hybridized carbons (Fsp3) is 0.273. The van der Waals surface area contributed by atoms with Gasteiger partial charge in [0.25, 0.3) is 0 Å². The molecule has 234 valence electrons. The highest BCUT2D eigenvalue weighted by Gasteiger charge is 2.25. The zero-order chi connectivity index (χ0) is 32.6. The predicted octanol–water partition coefficient (Wildman–Crippen LogP) is 3.95. The van der Waals surface area contributed by atoms with Gasteiger partial charge in [-0.15, -0.1) is 15.0 Å². The molecule has 1 heterocycles. The van der Waals surface area contributed by atoms with Crippen molar-refractivity contribution in [2.24, 2.45) is 0 Å². The summed E-state index contributed by atoms with van der Waals surface area (Å²) in [4.78, 5) is 50.2. The fourth-order valence-corrected chi connectivity index (χ4v) is 4.01. The SMILES string of the molecule is C=C(C)C(=O)OCCc1ccc(OC(=O)CC(=O)OCCOc2ccc(C(=O)C(C)(C)O)cc2)c(-n2nc3ccccc3n2)c1. The van der Waals surface area contributed by atoms with Crippen LogP contribution in [-0.2, 0) is 30.3 Å². The number of nitrogens with zero attached hydrogens (tertiary/aromatic N) is 3. The molecular formula is C33H33N3O9. The van der Waals surface area contributed by atoms with E-state index < -0.39 is 35.7 Å². The maximum absolute atomic E-state index is 12.7. The summed E-state index contributed by atoms with van der Waals surface area (Å²) < 4.78 is 21.3. The largest absolute Gasteiger partial charge is 0.490 e. The minimum atomic E-state index is -1.49. The van der Waals surface area contributed by atoms with Crippen LogP contribution in [0.3, 0.4) is 0 Å². The quantitative estimate of drug-likeness (QED) is 0.0547. The van der Waals surface area contributed by atoms with Crippen LogP contribution in [0.5, 0.6) is 11.5 Å². The number of aromatic nitrogens is 3. The Bertz CT molecular complexity index is 1690. The van der Waals surface area contributed by atoms with Gasteiger partial charge in [-0.05, 0) is 74.9 Å². The number of ether oxygens (including phenoxy) is 4. The zero-order valence-electron chi connectivity index (χ0n) is 25.1. The first-order valence-electron chi connectivity index (χ1n) is 14.0. The molecule has 1 aromatic heterocycles. The molecule has 0 spiro atoms. The topological polar surface area (TPSA) is 156 Å². The first kappa shape index (κ1) is 32.6. The number of rotatable bonds is 14. The Morgan fingerprint density at radius 1 is 0.867 bits per heavy atom. The third-order valence-corrected chi connectivity index (χ3v) is 6.30. The van der Waals surface area contributed by atoms with Crippen LogP contribution in [0.25, 0.3) is 16.7 Å². The van der Waals surface area contributed by atoms with E-state index in [0.717, 1.165) is 5.56 Å². The van der Waals surface area contributed by atoms with Gasteiger partial charge in [0.1, 0.15) is 47.7 Å². The second kappa shape index (κ2) is 14.4. The van der Waals surface area contributed by atoms with E-state index in [1.165, 1.54) is 30.8 Å². The molecule has 12 nitrogen and oxygen atoms in total. The van der Waals surface area contributed by atoms with Crippen molar-refractivity contribution in [3.8, 4) is 17.2 Å². The van der Waals surface area contributed by atoms with Crippen LogP contribution in [0.2, 0.25) is 0 Å². The number of fused-ring (bicyclic) bond motifs is 1. The van der Waals surface area contributed by atoms with Gasteiger partial charge in [0.05, 0.1) is 6.61 Å². The number of aliphatic hydroxyl groups is 1. The lowest BCUT2D eigenvalue weighted by Gasteiger charge is -2.15. The van der Waals surface area contributed by atoms with E-state index in [4.69, 9.17) is 18.9 Å². The number of ketones is 1. The number of carbonyl (C=O) groups excluding carboxylic acids is 4. The first-order chi connectivity index (χ1) is 21.4. The van der Waals surface area contributed by atoms with E-state index in [1.54, 1.807) is 49.4 Å². The lowest BCUT2D eigenvalue weighted by Crippen LogP contribution is -2.30. The van der Waals surface area contributed by atoms with Crippen molar-refractivity contribution in [1.29, 1.82) is 0 Å². The summed E-state index contributed by atoms with van der Waals surface area (Å²) in [5.41, 5.74) is 1.50.